The molecule has 1 rings (SSSR count). The van der Waals surface area contributed by atoms with Crippen LogP contribution < -0.4 is 5.32 Å². The first-order valence-corrected chi connectivity index (χ1v) is 11.3. The summed E-state index contributed by atoms with van der Waals surface area (Å²) in [7, 11) is 1.67. The number of aliphatic carboxylic acids is 1. The monoisotopic (exact) mass is 444 g/mol. The van der Waals surface area contributed by atoms with Crippen LogP contribution in [0.1, 0.15) is 60.5 Å². The lowest BCUT2D eigenvalue weighted by molar-refractivity contribution is -0.141. The van der Waals surface area contributed by atoms with Crippen LogP contribution in [0.25, 0.3) is 0 Å². The van der Waals surface area contributed by atoms with Crippen LogP contribution in [0.5, 0.6) is 0 Å². The summed E-state index contributed by atoms with van der Waals surface area (Å²) in [6.07, 6.45) is 2.88. The Morgan fingerprint density at radius 1 is 1.12 bits per heavy atom. The van der Waals surface area contributed by atoms with Crippen molar-refractivity contribution >= 4 is 17.8 Å². The number of hydrogen-bond donors (Lipinski definition) is 2. The molecule has 0 aliphatic rings. The molecule has 2 N–H and O–H groups in total. The predicted octanol–water partition coefficient (Wildman–Crippen LogP) is 4.30. The van der Waals surface area contributed by atoms with Crippen LogP contribution in [0.15, 0.2) is 42.0 Å². The molecular weight excluding hydrogens is 404 g/mol. The molecule has 1 aromatic rings. The van der Waals surface area contributed by atoms with Gasteiger partial charge in [0.2, 0.25) is 11.8 Å². The zero-order valence-corrected chi connectivity index (χ0v) is 20.8. The Kier molecular flexibility index (Phi) is 10.1. The number of likely N-dealkylation sites (N-methyl/N-ethyl adjacent to an activating group) is 1. The van der Waals surface area contributed by atoms with Crippen LogP contribution in [0.3, 0.4) is 0 Å². The molecular formula is C26H40N2O4. The molecule has 2 amide bonds. The van der Waals surface area contributed by atoms with Gasteiger partial charge >= 0.3 is 5.97 Å². The zero-order chi connectivity index (χ0) is 24.6. The summed E-state index contributed by atoms with van der Waals surface area (Å²) in [6.45, 7) is 13.1. The number of nitrogens with one attached hydrogen (secondary N) is 1. The lowest BCUT2D eigenvalue weighted by atomic mass is 9.84. The van der Waals surface area contributed by atoms with Crippen LogP contribution in [-0.4, -0.2) is 46.9 Å². The number of carbonyl (C=O) groups excluding carboxylic acids is 2. The summed E-state index contributed by atoms with van der Waals surface area (Å²) in [4.78, 5) is 39.6. The normalized spacial score (nSPS) is 15.1. The topological polar surface area (TPSA) is 86.7 Å². The molecule has 32 heavy (non-hydrogen) atoms. The summed E-state index contributed by atoms with van der Waals surface area (Å²) in [6, 6.07) is 8.72. The third-order valence-corrected chi connectivity index (χ3v) is 5.82. The highest BCUT2D eigenvalue weighted by atomic mass is 16.4. The Labute approximate surface area is 193 Å². The van der Waals surface area contributed by atoms with E-state index in [1.54, 1.807) is 18.0 Å². The summed E-state index contributed by atoms with van der Waals surface area (Å²) in [5, 5.41) is 12.3. The molecule has 1 aromatic carbocycles. The second-order valence-corrected chi connectivity index (χ2v) is 9.94. The van der Waals surface area contributed by atoms with E-state index in [0.29, 0.717) is 12.8 Å². The lowest BCUT2D eigenvalue weighted by Crippen LogP contribution is -2.57. The maximum Gasteiger partial charge on any atom is 0.331 e. The van der Waals surface area contributed by atoms with E-state index >= 15 is 0 Å². The van der Waals surface area contributed by atoms with E-state index in [1.807, 2.05) is 71.9 Å². The van der Waals surface area contributed by atoms with Crippen molar-refractivity contribution in [3.63, 3.8) is 0 Å². The van der Waals surface area contributed by atoms with Gasteiger partial charge in [0.1, 0.15) is 6.04 Å². The maximum atomic E-state index is 13.5. The molecule has 6 heteroatoms. The van der Waals surface area contributed by atoms with Crippen LogP contribution >= 0.6 is 0 Å². The van der Waals surface area contributed by atoms with E-state index in [0.717, 1.165) is 5.56 Å². The predicted molar refractivity (Wildman–Crippen MR) is 128 cm³/mol. The molecule has 3 atom stereocenters. The second kappa shape index (κ2) is 11.8. The molecule has 0 radical (unpaired) electrons. The quantitative estimate of drug-likeness (QED) is 0.527. The van der Waals surface area contributed by atoms with Crippen molar-refractivity contribution in [1.29, 1.82) is 0 Å². The fourth-order valence-electron chi connectivity index (χ4n) is 3.66. The largest absolute Gasteiger partial charge is 0.478 e. The SMILES string of the molecule is CCC(Cc1ccccc1)C(=O)N[C@H](C(=O)N(C)C(/C=C(\C)C(=O)O)C(C)C)C(C)(C)C. The van der Waals surface area contributed by atoms with Crippen molar-refractivity contribution in [3.8, 4) is 0 Å². The van der Waals surface area contributed by atoms with Gasteiger partial charge in [-0.2, -0.15) is 0 Å². The van der Waals surface area contributed by atoms with Crippen molar-refractivity contribution in [2.45, 2.75) is 73.4 Å². The van der Waals surface area contributed by atoms with E-state index in [2.05, 4.69) is 5.32 Å². The van der Waals surface area contributed by atoms with Crippen molar-refractivity contribution < 1.29 is 19.5 Å². The van der Waals surface area contributed by atoms with Gasteiger partial charge in [0.05, 0.1) is 6.04 Å². The van der Waals surface area contributed by atoms with Crippen molar-refractivity contribution in [2.24, 2.45) is 17.3 Å². The first-order chi connectivity index (χ1) is 14.8. The first-order valence-electron chi connectivity index (χ1n) is 11.3. The van der Waals surface area contributed by atoms with Crippen LogP contribution in [0.4, 0.5) is 0 Å². The van der Waals surface area contributed by atoms with E-state index in [4.69, 9.17) is 0 Å². The number of nitrogens with zero attached hydrogens (tertiary/aromatic N) is 1. The third-order valence-electron chi connectivity index (χ3n) is 5.82. The van der Waals surface area contributed by atoms with Crippen LogP contribution in [0, 0.1) is 17.3 Å². The van der Waals surface area contributed by atoms with Gasteiger partial charge in [-0.3, -0.25) is 9.59 Å². The van der Waals surface area contributed by atoms with Gasteiger partial charge in [0, 0.05) is 18.5 Å². The van der Waals surface area contributed by atoms with Crippen LogP contribution in [0.2, 0.25) is 0 Å². The molecule has 0 aromatic heterocycles. The minimum Gasteiger partial charge on any atom is -0.478 e. The number of carboxylic acids is 1. The Bertz CT molecular complexity index is 809. The van der Waals surface area contributed by atoms with Gasteiger partial charge in [0.15, 0.2) is 0 Å². The first kappa shape index (κ1) is 27.4. The third kappa shape index (κ3) is 7.81. The fraction of sp³-hybridized carbons (Fsp3) is 0.577. The summed E-state index contributed by atoms with van der Waals surface area (Å²) in [5.74, 6) is -1.61. The summed E-state index contributed by atoms with van der Waals surface area (Å²) < 4.78 is 0. The maximum absolute atomic E-state index is 13.5. The molecule has 0 spiro atoms. The van der Waals surface area contributed by atoms with Crippen LogP contribution in [-0.2, 0) is 20.8 Å². The molecule has 0 aliphatic carbocycles. The molecule has 0 bridgehead atoms. The summed E-state index contributed by atoms with van der Waals surface area (Å²) in [5.41, 5.74) is 0.757. The molecule has 0 fully saturated rings. The highest BCUT2D eigenvalue weighted by Crippen LogP contribution is 2.25. The Hall–Kier alpha value is -2.63. The zero-order valence-electron chi connectivity index (χ0n) is 20.8. The lowest BCUT2D eigenvalue weighted by Gasteiger charge is -2.38. The fourth-order valence-corrected chi connectivity index (χ4v) is 3.66. The number of amides is 2. The van der Waals surface area contributed by atoms with Crippen molar-refractivity contribution in [2.75, 3.05) is 7.05 Å². The van der Waals surface area contributed by atoms with Crippen molar-refractivity contribution in [3.05, 3.63) is 47.5 Å². The average molecular weight is 445 g/mol. The molecule has 0 saturated heterocycles. The standard InChI is InChI=1S/C26H40N2O4/c1-9-20(16-19-13-11-10-12-14-19)23(29)27-22(26(5,6)7)24(30)28(8)21(17(2)3)15-18(4)25(31)32/h10-15,17,20-22H,9,16H2,1-8H3,(H,27,29)(H,31,32)/b18-15+/t20?,21?,22-/m1/s1. The minimum atomic E-state index is -1.01. The number of rotatable bonds is 10. The van der Waals surface area contributed by atoms with E-state index in [9.17, 15) is 19.5 Å². The van der Waals surface area contributed by atoms with Gasteiger partial charge in [-0.1, -0.05) is 78.0 Å². The van der Waals surface area contributed by atoms with Gasteiger partial charge in [-0.25, -0.2) is 4.79 Å². The van der Waals surface area contributed by atoms with Gasteiger partial charge in [-0.05, 0) is 36.7 Å². The average Bonchev–Trinajstić information content (AvgIpc) is 2.72. The second-order valence-electron chi connectivity index (χ2n) is 9.94. The number of hydrogen-bond acceptors (Lipinski definition) is 3. The van der Waals surface area contributed by atoms with Gasteiger partial charge in [-0.15, -0.1) is 0 Å². The Morgan fingerprint density at radius 3 is 2.12 bits per heavy atom. The molecule has 0 heterocycles. The molecule has 178 valence electrons. The van der Waals surface area contributed by atoms with E-state index in [1.165, 1.54) is 6.92 Å². The van der Waals surface area contributed by atoms with E-state index in [-0.39, 0.29) is 29.2 Å². The number of benzene rings is 1. The molecule has 2 unspecified atom stereocenters. The highest BCUT2D eigenvalue weighted by Gasteiger charge is 2.37. The van der Waals surface area contributed by atoms with Crippen molar-refractivity contribution in [1.82, 2.24) is 10.2 Å². The smallest absolute Gasteiger partial charge is 0.331 e. The van der Waals surface area contributed by atoms with Gasteiger partial charge in [0.25, 0.3) is 0 Å². The Balaban J connectivity index is 3.13. The molecule has 0 saturated carbocycles. The summed E-state index contributed by atoms with van der Waals surface area (Å²) >= 11 is 0. The molecule has 0 aliphatic heterocycles. The highest BCUT2D eigenvalue weighted by molar-refractivity contribution is 5.90. The number of carbonyl (C=O) groups is 3. The molecule has 6 nitrogen and oxygen atoms in total. The Morgan fingerprint density at radius 2 is 1.69 bits per heavy atom. The van der Waals surface area contributed by atoms with E-state index < -0.39 is 23.5 Å². The van der Waals surface area contributed by atoms with Gasteiger partial charge < -0.3 is 15.3 Å². The minimum absolute atomic E-state index is 0.0102. The number of carboxylic acid groups (broad SMARTS) is 1.